The summed E-state index contributed by atoms with van der Waals surface area (Å²) in [5.74, 6) is 2.00. The zero-order chi connectivity index (χ0) is 12.3. The maximum absolute atomic E-state index is 5.62. The van der Waals surface area contributed by atoms with Gasteiger partial charge in [-0.25, -0.2) is 4.98 Å². The van der Waals surface area contributed by atoms with E-state index in [0.29, 0.717) is 17.9 Å². The van der Waals surface area contributed by atoms with Crippen LogP contribution >= 0.6 is 0 Å². The van der Waals surface area contributed by atoms with Crippen LogP contribution in [0, 0.1) is 5.92 Å². The fraction of sp³-hybridized carbons (Fsp3) is 0.667. The molecule has 1 fully saturated rings. The van der Waals surface area contributed by atoms with Crippen molar-refractivity contribution in [2.45, 2.75) is 26.3 Å². The quantitative estimate of drug-likeness (QED) is 0.814. The Balaban J connectivity index is 2.02. The number of rotatable bonds is 3. The van der Waals surface area contributed by atoms with Crippen molar-refractivity contribution in [1.82, 2.24) is 15.3 Å². The summed E-state index contributed by atoms with van der Waals surface area (Å²) in [6, 6.07) is 2.47. The molecule has 0 aromatic carbocycles. The Labute approximate surface area is 102 Å². The molecule has 0 radical (unpaired) electrons. The minimum Gasteiger partial charge on any atom is -0.368 e. The first-order valence-corrected chi connectivity index (χ1v) is 6.22. The molecule has 1 saturated heterocycles. The lowest BCUT2D eigenvalue weighted by Crippen LogP contribution is -2.51. The van der Waals surface area contributed by atoms with E-state index in [4.69, 9.17) is 5.73 Å². The van der Waals surface area contributed by atoms with Gasteiger partial charge in [0.25, 0.3) is 0 Å². The number of nitrogens with zero attached hydrogens (tertiary/aromatic N) is 3. The number of nitrogens with one attached hydrogen (secondary N) is 1. The fourth-order valence-electron chi connectivity index (χ4n) is 2.30. The number of hydrogen-bond donors (Lipinski definition) is 2. The number of aromatic nitrogens is 2. The van der Waals surface area contributed by atoms with Gasteiger partial charge < -0.3 is 16.0 Å². The van der Waals surface area contributed by atoms with Gasteiger partial charge in [-0.15, -0.1) is 0 Å². The molecule has 0 saturated carbocycles. The molecule has 0 aliphatic carbocycles. The van der Waals surface area contributed by atoms with E-state index in [2.05, 4.69) is 34.0 Å². The highest BCUT2D eigenvalue weighted by atomic mass is 15.3. The van der Waals surface area contributed by atoms with Crippen molar-refractivity contribution in [3.05, 3.63) is 12.3 Å². The lowest BCUT2D eigenvalue weighted by atomic mass is 10.0. The van der Waals surface area contributed by atoms with E-state index >= 15 is 0 Å². The summed E-state index contributed by atoms with van der Waals surface area (Å²) < 4.78 is 0. The molecule has 2 rings (SSSR count). The molecule has 0 amide bonds. The third-order valence-corrected chi connectivity index (χ3v) is 2.99. The summed E-state index contributed by atoms with van der Waals surface area (Å²) in [6.07, 6.45) is 2.91. The van der Waals surface area contributed by atoms with Gasteiger partial charge in [0.05, 0.1) is 0 Å². The smallest absolute Gasteiger partial charge is 0.221 e. The molecule has 2 heterocycles. The molecule has 0 spiro atoms. The summed E-state index contributed by atoms with van der Waals surface area (Å²) in [7, 11) is 0. The van der Waals surface area contributed by atoms with Gasteiger partial charge in [0, 0.05) is 31.9 Å². The van der Waals surface area contributed by atoms with Crippen LogP contribution in [0.15, 0.2) is 12.3 Å². The van der Waals surface area contributed by atoms with E-state index in [1.54, 1.807) is 6.20 Å². The van der Waals surface area contributed by atoms with Gasteiger partial charge in [0.1, 0.15) is 5.82 Å². The first kappa shape index (κ1) is 12.1. The van der Waals surface area contributed by atoms with Gasteiger partial charge in [-0.2, -0.15) is 4.98 Å². The van der Waals surface area contributed by atoms with E-state index in [1.807, 2.05) is 6.07 Å². The zero-order valence-corrected chi connectivity index (χ0v) is 10.6. The van der Waals surface area contributed by atoms with Crippen LogP contribution in [0.2, 0.25) is 0 Å². The standard InChI is InChI=1S/C12H21N5/c1-9(2)7-10-8-17(6-5-14-10)11-3-4-15-12(13)16-11/h3-4,9-10,14H,5-8H2,1-2H3,(H2,13,15,16)/t10-/m0/s1. The first-order chi connectivity index (χ1) is 8.15. The number of anilines is 2. The third kappa shape index (κ3) is 3.30. The van der Waals surface area contributed by atoms with E-state index in [1.165, 1.54) is 6.42 Å². The number of piperazine rings is 1. The minimum absolute atomic E-state index is 0.349. The van der Waals surface area contributed by atoms with Gasteiger partial charge in [0.15, 0.2) is 0 Å². The molecule has 0 unspecified atom stereocenters. The molecule has 3 N–H and O–H groups in total. The summed E-state index contributed by atoms with van der Waals surface area (Å²) >= 11 is 0. The molecule has 5 heteroatoms. The van der Waals surface area contributed by atoms with E-state index in [-0.39, 0.29) is 0 Å². The Morgan fingerprint density at radius 3 is 3.12 bits per heavy atom. The van der Waals surface area contributed by atoms with Gasteiger partial charge in [0.2, 0.25) is 5.95 Å². The molecule has 5 nitrogen and oxygen atoms in total. The van der Waals surface area contributed by atoms with Crippen molar-refractivity contribution in [2.75, 3.05) is 30.3 Å². The Hall–Kier alpha value is -1.36. The lowest BCUT2D eigenvalue weighted by molar-refractivity contribution is 0.387. The average Bonchev–Trinajstić information content (AvgIpc) is 2.28. The van der Waals surface area contributed by atoms with Gasteiger partial charge >= 0.3 is 0 Å². The van der Waals surface area contributed by atoms with Gasteiger partial charge in [-0.3, -0.25) is 0 Å². The summed E-state index contributed by atoms with van der Waals surface area (Å²) in [5, 5.41) is 3.55. The maximum Gasteiger partial charge on any atom is 0.221 e. The van der Waals surface area contributed by atoms with Crippen molar-refractivity contribution in [2.24, 2.45) is 5.92 Å². The van der Waals surface area contributed by atoms with Crippen LogP contribution in [-0.2, 0) is 0 Å². The van der Waals surface area contributed by atoms with Crippen LogP contribution in [0.4, 0.5) is 11.8 Å². The molecule has 1 aromatic heterocycles. The van der Waals surface area contributed by atoms with Crippen LogP contribution < -0.4 is 16.0 Å². The number of nitrogens with two attached hydrogens (primary N) is 1. The molecule has 1 aliphatic heterocycles. The summed E-state index contributed by atoms with van der Waals surface area (Å²) in [4.78, 5) is 10.5. The van der Waals surface area contributed by atoms with E-state index < -0.39 is 0 Å². The summed E-state index contributed by atoms with van der Waals surface area (Å²) in [5.41, 5.74) is 5.62. The Kier molecular flexibility index (Phi) is 3.78. The SMILES string of the molecule is CC(C)C[C@H]1CN(c2ccnc(N)n2)CCN1. The minimum atomic E-state index is 0.349. The highest BCUT2D eigenvalue weighted by Gasteiger charge is 2.21. The summed E-state index contributed by atoms with van der Waals surface area (Å²) in [6.45, 7) is 7.48. The second-order valence-electron chi connectivity index (χ2n) is 5.00. The topological polar surface area (TPSA) is 67.1 Å². The second-order valence-corrected chi connectivity index (χ2v) is 5.00. The Bertz CT molecular complexity index is 366. The average molecular weight is 235 g/mol. The molecular weight excluding hydrogens is 214 g/mol. The van der Waals surface area contributed by atoms with Crippen LogP contribution in [0.3, 0.4) is 0 Å². The maximum atomic E-state index is 5.62. The zero-order valence-electron chi connectivity index (χ0n) is 10.6. The molecule has 1 aromatic rings. The van der Waals surface area contributed by atoms with Crippen molar-refractivity contribution >= 4 is 11.8 Å². The van der Waals surface area contributed by atoms with Crippen molar-refractivity contribution in [3.63, 3.8) is 0 Å². The Morgan fingerprint density at radius 1 is 1.59 bits per heavy atom. The largest absolute Gasteiger partial charge is 0.368 e. The van der Waals surface area contributed by atoms with Crippen molar-refractivity contribution in [1.29, 1.82) is 0 Å². The van der Waals surface area contributed by atoms with Gasteiger partial charge in [-0.05, 0) is 18.4 Å². The lowest BCUT2D eigenvalue weighted by Gasteiger charge is -2.35. The van der Waals surface area contributed by atoms with Crippen molar-refractivity contribution < 1.29 is 0 Å². The first-order valence-electron chi connectivity index (χ1n) is 6.22. The molecule has 1 aliphatic rings. The van der Waals surface area contributed by atoms with Gasteiger partial charge in [-0.1, -0.05) is 13.8 Å². The predicted molar refractivity (Wildman–Crippen MR) is 69.9 cm³/mol. The monoisotopic (exact) mass is 235 g/mol. The fourth-order valence-corrected chi connectivity index (χ4v) is 2.30. The van der Waals surface area contributed by atoms with Crippen LogP contribution in [0.5, 0.6) is 0 Å². The third-order valence-electron chi connectivity index (χ3n) is 2.99. The van der Waals surface area contributed by atoms with Crippen LogP contribution in [0.1, 0.15) is 20.3 Å². The number of nitrogen functional groups attached to an aromatic ring is 1. The second kappa shape index (κ2) is 5.31. The Morgan fingerprint density at radius 2 is 2.41 bits per heavy atom. The molecular formula is C12H21N5. The molecule has 94 valence electrons. The molecule has 1 atom stereocenters. The van der Waals surface area contributed by atoms with E-state index in [9.17, 15) is 0 Å². The molecule has 17 heavy (non-hydrogen) atoms. The van der Waals surface area contributed by atoms with Crippen molar-refractivity contribution in [3.8, 4) is 0 Å². The normalized spacial score (nSPS) is 20.9. The number of hydrogen-bond acceptors (Lipinski definition) is 5. The predicted octanol–water partition coefficient (Wildman–Crippen LogP) is 0.883. The highest BCUT2D eigenvalue weighted by molar-refractivity contribution is 5.41. The molecule has 0 bridgehead atoms. The van der Waals surface area contributed by atoms with Crippen LogP contribution in [-0.4, -0.2) is 35.6 Å². The highest BCUT2D eigenvalue weighted by Crippen LogP contribution is 2.16. The van der Waals surface area contributed by atoms with E-state index in [0.717, 1.165) is 25.5 Å². The van der Waals surface area contributed by atoms with Crippen LogP contribution in [0.25, 0.3) is 0 Å².